The van der Waals surface area contributed by atoms with Gasteiger partial charge in [0.05, 0.1) is 11.1 Å². The highest BCUT2D eigenvalue weighted by Gasteiger charge is 2.15. The van der Waals surface area contributed by atoms with Crippen molar-refractivity contribution >= 4 is 34.7 Å². The Kier molecular flexibility index (Phi) is 5.76. The molecule has 0 bridgehead atoms. The average Bonchev–Trinajstić information content (AvgIpc) is 2.97. The molecule has 1 atom stereocenters. The van der Waals surface area contributed by atoms with Crippen molar-refractivity contribution < 1.29 is 9.18 Å². The summed E-state index contributed by atoms with van der Waals surface area (Å²) >= 11 is 7.30. The van der Waals surface area contributed by atoms with Crippen molar-refractivity contribution in [3.8, 4) is 0 Å². The zero-order valence-corrected chi connectivity index (χ0v) is 13.8. The van der Waals surface area contributed by atoms with Crippen molar-refractivity contribution in [1.82, 2.24) is 10.2 Å². The van der Waals surface area contributed by atoms with Crippen molar-refractivity contribution in [1.29, 1.82) is 0 Å². The van der Waals surface area contributed by atoms with Crippen LogP contribution < -0.4 is 10.6 Å². The summed E-state index contributed by atoms with van der Waals surface area (Å²) in [5.74, 6) is -0.516. The van der Waals surface area contributed by atoms with Gasteiger partial charge in [0, 0.05) is 12.2 Å². The molecule has 0 radical (unpaired) electrons. The number of urea groups is 1. The molecule has 0 aliphatic carbocycles. The normalized spacial score (nSPS) is 12.2. The van der Waals surface area contributed by atoms with Gasteiger partial charge in [-0.3, -0.25) is 0 Å². The molecule has 118 valence electrons. The van der Waals surface area contributed by atoms with Gasteiger partial charge in [0.2, 0.25) is 0 Å². The van der Waals surface area contributed by atoms with Gasteiger partial charge < -0.3 is 15.5 Å². The van der Waals surface area contributed by atoms with Crippen LogP contribution in [-0.4, -0.2) is 31.6 Å². The van der Waals surface area contributed by atoms with Crippen LogP contribution in [0.1, 0.15) is 11.6 Å². The van der Waals surface area contributed by atoms with E-state index in [4.69, 9.17) is 11.6 Å². The number of halogens is 2. The van der Waals surface area contributed by atoms with Crippen LogP contribution in [0.5, 0.6) is 0 Å². The molecule has 1 aromatic heterocycles. The Balaban J connectivity index is 1.92. The number of likely N-dealkylation sites (N-methyl/N-ethyl adjacent to an activating group) is 1. The first kappa shape index (κ1) is 16.7. The highest BCUT2D eigenvalue weighted by molar-refractivity contribution is 7.07. The minimum absolute atomic E-state index is 0.0257. The predicted octanol–water partition coefficient (Wildman–Crippen LogP) is 3.97. The molecule has 0 aliphatic rings. The van der Waals surface area contributed by atoms with Gasteiger partial charge in [-0.2, -0.15) is 11.3 Å². The molecule has 2 rings (SSSR count). The third-order valence-electron chi connectivity index (χ3n) is 3.18. The number of hydrogen-bond acceptors (Lipinski definition) is 3. The fourth-order valence-corrected chi connectivity index (χ4v) is 2.89. The number of hydrogen-bond donors (Lipinski definition) is 2. The van der Waals surface area contributed by atoms with Crippen LogP contribution in [0.3, 0.4) is 0 Å². The Hall–Kier alpha value is -1.63. The van der Waals surface area contributed by atoms with Crippen LogP contribution in [0.25, 0.3) is 0 Å². The standard InChI is InChI=1S/C15H17ClFN3OS/c1-20(2)14(10-5-6-22-9-10)8-18-15(21)19-11-3-4-13(17)12(16)7-11/h3-7,9,14H,8H2,1-2H3,(H2,18,19,21)/t14-/m1/s1. The van der Waals surface area contributed by atoms with E-state index >= 15 is 0 Å². The molecule has 2 amide bonds. The number of rotatable bonds is 5. The van der Waals surface area contributed by atoms with E-state index in [1.165, 1.54) is 18.2 Å². The lowest BCUT2D eigenvalue weighted by Crippen LogP contribution is -2.36. The fourth-order valence-electron chi connectivity index (χ4n) is 2.00. The molecular weight excluding hydrogens is 325 g/mol. The predicted molar refractivity (Wildman–Crippen MR) is 89.2 cm³/mol. The third kappa shape index (κ3) is 4.43. The summed E-state index contributed by atoms with van der Waals surface area (Å²) in [4.78, 5) is 14.0. The van der Waals surface area contributed by atoms with Crippen LogP contribution in [0.2, 0.25) is 5.02 Å². The highest BCUT2D eigenvalue weighted by Crippen LogP contribution is 2.21. The van der Waals surface area contributed by atoms with Crippen molar-refractivity contribution in [2.45, 2.75) is 6.04 Å². The van der Waals surface area contributed by atoms with Crippen LogP contribution >= 0.6 is 22.9 Å². The van der Waals surface area contributed by atoms with E-state index in [1.54, 1.807) is 11.3 Å². The Morgan fingerprint density at radius 1 is 1.41 bits per heavy atom. The molecule has 0 spiro atoms. The Labute approximate surface area is 137 Å². The summed E-state index contributed by atoms with van der Waals surface area (Å²) < 4.78 is 13.1. The number of carbonyl (C=O) groups excluding carboxylic acids is 1. The van der Waals surface area contributed by atoms with E-state index in [2.05, 4.69) is 16.0 Å². The number of thiophene rings is 1. The zero-order chi connectivity index (χ0) is 16.1. The SMILES string of the molecule is CN(C)[C@H](CNC(=O)Nc1ccc(F)c(Cl)c1)c1ccsc1. The Morgan fingerprint density at radius 3 is 2.77 bits per heavy atom. The van der Waals surface area contributed by atoms with Gasteiger partial charge >= 0.3 is 6.03 Å². The van der Waals surface area contributed by atoms with Crippen LogP contribution in [-0.2, 0) is 0 Å². The number of nitrogens with zero attached hydrogens (tertiary/aromatic N) is 1. The van der Waals surface area contributed by atoms with Crippen molar-refractivity contribution in [2.24, 2.45) is 0 Å². The van der Waals surface area contributed by atoms with E-state index in [9.17, 15) is 9.18 Å². The van der Waals surface area contributed by atoms with Crippen molar-refractivity contribution in [3.63, 3.8) is 0 Å². The van der Waals surface area contributed by atoms with Crippen molar-refractivity contribution in [3.05, 3.63) is 51.4 Å². The number of amides is 2. The number of benzene rings is 1. The minimum Gasteiger partial charge on any atom is -0.336 e. The van der Waals surface area contributed by atoms with Crippen LogP contribution in [0.4, 0.5) is 14.9 Å². The van der Waals surface area contributed by atoms with Gasteiger partial charge in [-0.1, -0.05) is 11.6 Å². The molecule has 2 N–H and O–H groups in total. The number of anilines is 1. The molecule has 0 saturated heterocycles. The molecule has 4 nitrogen and oxygen atoms in total. The maximum absolute atomic E-state index is 13.1. The van der Waals surface area contributed by atoms with E-state index < -0.39 is 5.82 Å². The zero-order valence-electron chi connectivity index (χ0n) is 12.3. The highest BCUT2D eigenvalue weighted by atomic mass is 35.5. The molecule has 1 heterocycles. The molecule has 1 aromatic carbocycles. The Morgan fingerprint density at radius 2 is 2.18 bits per heavy atom. The molecule has 2 aromatic rings. The minimum atomic E-state index is -0.516. The topological polar surface area (TPSA) is 44.4 Å². The molecule has 7 heteroatoms. The average molecular weight is 342 g/mol. The van der Waals surface area contributed by atoms with Gasteiger partial charge in [-0.25, -0.2) is 9.18 Å². The fraction of sp³-hybridized carbons (Fsp3) is 0.267. The second-order valence-corrected chi connectivity index (χ2v) is 6.19. The second-order valence-electron chi connectivity index (χ2n) is 5.00. The van der Waals surface area contributed by atoms with E-state index in [0.29, 0.717) is 12.2 Å². The van der Waals surface area contributed by atoms with Gasteiger partial charge in [0.1, 0.15) is 5.82 Å². The van der Waals surface area contributed by atoms with Crippen molar-refractivity contribution in [2.75, 3.05) is 26.0 Å². The maximum Gasteiger partial charge on any atom is 0.319 e. The lowest BCUT2D eigenvalue weighted by Gasteiger charge is -2.24. The van der Waals surface area contributed by atoms with Crippen LogP contribution in [0, 0.1) is 5.82 Å². The van der Waals surface area contributed by atoms with Gasteiger partial charge in [-0.15, -0.1) is 0 Å². The summed E-state index contributed by atoms with van der Waals surface area (Å²) in [5.41, 5.74) is 1.60. The molecule has 22 heavy (non-hydrogen) atoms. The summed E-state index contributed by atoms with van der Waals surface area (Å²) in [6.45, 7) is 0.463. The quantitative estimate of drug-likeness (QED) is 0.864. The summed E-state index contributed by atoms with van der Waals surface area (Å²) in [5, 5.41) is 9.48. The van der Waals surface area contributed by atoms with Gasteiger partial charge in [-0.05, 0) is 54.7 Å². The molecule has 0 fully saturated rings. The maximum atomic E-state index is 13.1. The van der Waals surface area contributed by atoms with E-state index in [1.807, 2.05) is 30.4 Å². The van der Waals surface area contributed by atoms with E-state index in [-0.39, 0.29) is 17.1 Å². The van der Waals surface area contributed by atoms with E-state index in [0.717, 1.165) is 5.56 Å². The second kappa shape index (κ2) is 7.58. The van der Waals surface area contributed by atoms with Crippen LogP contribution in [0.15, 0.2) is 35.0 Å². The first-order valence-corrected chi connectivity index (χ1v) is 7.98. The smallest absolute Gasteiger partial charge is 0.319 e. The summed E-state index contributed by atoms with van der Waals surface area (Å²) in [6, 6.07) is 5.82. The summed E-state index contributed by atoms with van der Waals surface area (Å²) in [7, 11) is 3.92. The number of nitrogens with one attached hydrogen (secondary N) is 2. The van der Waals surface area contributed by atoms with Gasteiger partial charge in [0.15, 0.2) is 0 Å². The molecule has 0 unspecified atom stereocenters. The summed E-state index contributed by atoms with van der Waals surface area (Å²) in [6.07, 6.45) is 0. The molecular formula is C15H17ClFN3OS. The third-order valence-corrected chi connectivity index (χ3v) is 4.18. The first-order chi connectivity index (χ1) is 10.5. The lowest BCUT2D eigenvalue weighted by atomic mass is 10.1. The Bertz CT molecular complexity index is 634. The molecule has 0 saturated carbocycles. The van der Waals surface area contributed by atoms with Gasteiger partial charge in [0.25, 0.3) is 0 Å². The molecule has 0 aliphatic heterocycles. The monoisotopic (exact) mass is 341 g/mol. The largest absolute Gasteiger partial charge is 0.336 e. The lowest BCUT2D eigenvalue weighted by molar-refractivity contribution is 0.243. The first-order valence-electron chi connectivity index (χ1n) is 6.66. The number of carbonyl (C=O) groups is 1.